The van der Waals surface area contributed by atoms with Gasteiger partial charge in [-0.05, 0) is 24.3 Å². The summed E-state index contributed by atoms with van der Waals surface area (Å²) in [4.78, 5) is 13.7. The van der Waals surface area contributed by atoms with Crippen LogP contribution in [0.25, 0.3) is 0 Å². The topological polar surface area (TPSA) is 32.3 Å². The van der Waals surface area contributed by atoms with E-state index in [1.807, 2.05) is 12.1 Å². The molecule has 0 aliphatic carbocycles. The molecule has 1 N–H and O–H groups in total. The molecular weight excluding hydrogens is 334 g/mol. The molecule has 25 heavy (non-hydrogen) atoms. The van der Waals surface area contributed by atoms with Crippen LogP contribution in [0.1, 0.15) is 12.5 Å². The smallest absolute Gasteiger partial charge is 0.221 e. The zero-order valence-corrected chi connectivity index (χ0v) is 15.3. The number of benzene rings is 2. The van der Waals surface area contributed by atoms with Crippen molar-refractivity contribution in [1.82, 2.24) is 4.48 Å². The minimum Gasteiger partial charge on any atom is -1.00 e. The van der Waals surface area contributed by atoms with Crippen LogP contribution in [0.4, 0.5) is 17.1 Å². The third-order valence-electron chi connectivity index (χ3n) is 5.44. The molecule has 1 spiro atoms. The number of fused-ring (bicyclic) bond motifs is 2. The first-order chi connectivity index (χ1) is 11.7. The van der Waals surface area contributed by atoms with Crippen LogP contribution in [0.15, 0.2) is 48.5 Å². The number of carbonyl (C=O) groups is 1. The standard InChI is InChI=1S/C20H23N3O.ClH/c1-16(24)21-18-6-4-7-19(15-18)22-10-13-23(14-11-22)12-9-17-5-2-3-8-20(17)23;/h2-8,15H,9-14H2,1H3;1H. The molecule has 4 nitrogen and oxygen atoms in total. The first-order valence-corrected chi connectivity index (χ1v) is 8.73. The van der Waals surface area contributed by atoms with Crippen LogP contribution in [0.2, 0.25) is 0 Å². The zero-order valence-electron chi connectivity index (χ0n) is 14.5. The lowest BCUT2D eigenvalue weighted by Gasteiger charge is -2.43. The highest BCUT2D eigenvalue weighted by Crippen LogP contribution is 2.36. The highest BCUT2D eigenvalue weighted by atomic mass is 35.5. The van der Waals surface area contributed by atoms with E-state index in [9.17, 15) is 4.79 Å². The van der Waals surface area contributed by atoms with Crippen LogP contribution in [0.3, 0.4) is 0 Å². The van der Waals surface area contributed by atoms with E-state index in [0.29, 0.717) is 0 Å². The number of halogens is 1. The normalized spacial score (nSPS) is 17.7. The first-order valence-electron chi connectivity index (χ1n) is 8.73. The molecule has 2 aliphatic rings. The number of hydrogen-bond donors (Lipinski definition) is 1. The van der Waals surface area contributed by atoms with Gasteiger partial charge in [-0.3, -0.25) is 9.28 Å². The van der Waals surface area contributed by atoms with Crippen molar-refractivity contribution in [3.05, 3.63) is 54.1 Å². The van der Waals surface area contributed by atoms with Crippen LogP contribution >= 0.6 is 0 Å². The third kappa shape index (κ3) is 3.37. The summed E-state index contributed by atoms with van der Waals surface area (Å²) in [5.41, 5.74) is 5.13. The third-order valence-corrected chi connectivity index (χ3v) is 5.44. The first kappa shape index (κ1) is 17.8. The van der Waals surface area contributed by atoms with Gasteiger partial charge in [-0.2, -0.15) is 0 Å². The van der Waals surface area contributed by atoms with Gasteiger partial charge in [0.25, 0.3) is 0 Å². The second-order valence-electron chi connectivity index (χ2n) is 6.91. The Kier molecular flexibility index (Phi) is 5.02. The summed E-state index contributed by atoms with van der Waals surface area (Å²) in [6.45, 7) is 7.20. The Balaban J connectivity index is 0.00000182. The van der Waals surface area contributed by atoms with Crippen molar-refractivity contribution in [2.45, 2.75) is 13.3 Å². The van der Waals surface area contributed by atoms with E-state index in [1.165, 1.54) is 29.9 Å². The molecule has 2 heterocycles. The predicted octanol–water partition coefficient (Wildman–Crippen LogP) is 0.0326. The van der Waals surface area contributed by atoms with Crippen molar-refractivity contribution in [2.75, 3.05) is 42.9 Å². The van der Waals surface area contributed by atoms with E-state index in [2.05, 4.69) is 46.6 Å². The number of anilines is 2. The van der Waals surface area contributed by atoms with Crippen LogP contribution in [0.5, 0.6) is 0 Å². The quantitative estimate of drug-likeness (QED) is 0.769. The molecule has 1 amide bonds. The molecular formula is C20H24ClN3O. The van der Waals surface area contributed by atoms with Crippen molar-refractivity contribution in [1.29, 1.82) is 0 Å². The number of amides is 1. The molecule has 0 radical (unpaired) electrons. The summed E-state index contributed by atoms with van der Waals surface area (Å²) in [5.74, 6) is -0.0241. The minimum absolute atomic E-state index is 0. The van der Waals surface area contributed by atoms with Gasteiger partial charge in [0, 0.05) is 30.3 Å². The summed E-state index contributed by atoms with van der Waals surface area (Å²) in [6, 6.07) is 17.1. The van der Waals surface area contributed by atoms with E-state index in [1.54, 1.807) is 6.92 Å². The van der Waals surface area contributed by atoms with Crippen molar-refractivity contribution >= 4 is 23.0 Å². The highest BCUT2D eigenvalue weighted by molar-refractivity contribution is 5.89. The highest BCUT2D eigenvalue weighted by Gasteiger charge is 2.40. The van der Waals surface area contributed by atoms with Crippen LogP contribution in [-0.2, 0) is 11.2 Å². The maximum atomic E-state index is 11.3. The second kappa shape index (κ2) is 7.06. The summed E-state index contributed by atoms with van der Waals surface area (Å²) in [7, 11) is 0. The Labute approximate surface area is 155 Å². The molecule has 0 aromatic heterocycles. The molecule has 1 fully saturated rings. The number of piperazine rings is 1. The predicted molar refractivity (Wildman–Crippen MR) is 99.5 cm³/mol. The Hall–Kier alpha value is -2.04. The molecule has 4 rings (SSSR count). The Bertz CT molecular complexity index is 769. The van der Waals surface area contributed by atoms with Crippen molar-refractivity contribution < 1.29 is 17.2 Å². The van der Waals surface area contributed by atoms with Gasteiger partial charge in [-0.15, -0.1) is 0 Å². The summed E-state index contributed by atoms with van der Waals surface area (Å²) in [6.07, 6.45) is 1.20. The number of nitrogens with one attached hydrogen (secondary N) is 1. The van der Waals surface area contributed by atoms with Crippen molar-refractivity contribution in [3.63, 3.8) is 0 Å². The van der Waals surface area contributed by atoms with Gasteiger partial charge in [-0.25, -0.2) is 0 Å². The fourth-order valence-corrected chi connectivity index (χ4v) is 4.19. The molecule has 1 saturated heterocycles. The lowest BCUT2D eigenvalue weighted by Crippen LogP contribution is -3.00. The molecule has 0 saturated carbocycles. The number of rotatable bonds is 2. The molecule has 2 aromatic carbocycles. The number of nitrogens with zero attached hydrogens (tertiary/aromatic N) is 2. The average Bonchev–Trinajstić information content (AvgIpc) is 2.94. The van der Waals surface area contributed by atoms with Crippen LogP contribution in [0, 0.1) is 0 Å². The second-order valence-corrected chi connectivity index (χ2v) is 6.91. The van der Waals surface area contributed by atoms with Crippen LogP contribution < -0.4 is 27.1 Å². The molecule has 5 heteroatoms. The number of para-hydroxylation sites is 1. The Morgan fingerprint density at radius 1 is 1.04 bits per heavy atom. The lowest BCUT2D eigenvalue weighted by molar-refractivity contribution is -0.114. The summed E-state index contributed by atoms with van der Waals surface area (Å²) in [5, 5.41) is 2.88. The fraction of sp³-hybridized carbons (Fsp3) is 0.350. The largest absolute Gasteiger partial charge is 1.00 e. The van der Waals surface area contributed by atoms with E-state index < -0.39 is 0 Å². The molecule has 0 bridgehead atoms. The Morgan fingerprint density at radius 3 is 2.56 bits per heavy atom. The zero-order chi connectivity index (χ0) is 16.6. The minimum atomic E-state index is -0.0241. The van der Waals surface area contributed by atoms with E-state index in [0.717, 1.165) is 36.3 Å². The molecule has 0 unspecified atom stereocenters. The lowest BCUT2D eigenvalue weighted by atomic mass is 10.1. The number of carbonyl (C=O) groups excluding carboxylic acids is 1. The maximum absolute atomic E-state index is 11.3. The van der Waals surface area contributed by atoms with Gasteiger partial charge in [-0.1, -0.05) is 24.3 Å². The maximum Gasteiger partial charge on any atom is 0.221 e. The SMILES string of the molecule is CC(=O)Nc1cccc(N2CC[N+]3(CCc4ccccc43)CC2)c1.[Cl-]. The Morgan fingerprint density at radius 2 is 1.80 bits per heavy atom. The molecule has 0 atom stereocenters. The van der Waals surface area contributed by atoms with E-state index in [4.69, 9.17) is 0 Å². The van der Waals surface area contributed by atoms with Gasteiger partial charge < -0.3 is 22.6 Å². The monoisotopic (exact) mass is 357 g/mol. The van der Waals surface area contributed by atoms with E-state index in [-0.39, 0.29) is 18.3 Å². The molecule has 2 aliphatic heterocycles. The van der Waals surface area contributed by atoms with Gasteiger partial charge in [0.05, 0.1) is 19.6 Å². The van der Waals surface area contributed by atoms with E-state index >= 15 is 0 Å². The fourth-order valence-electron chi connectivity index (χ4n) is 4.19. The van der Waals surface area contributed by atoms with Crippen LogP contribution in [-0.4, -0.2) is 38.6 Å². The van der Waals surface area contributed by atoms with Gasteiger partial charge in [0.1, 0.15) is 18.8 Å². The van der Waals surface area contributed by atoms with Crippen molar-refractivity contribution in [2.24, 2.45) is 0 Å². The van der Waals surface area contributed by atoms with Crippen molar-refractivity contribution in [3.8, 4) is 0 Å². The van der Waals surface area contributed by atoms with Gasteiger partial charge in [0.15, 0.2) is 0 Å². The number of hydrogen-bond acceptors (Lipinski definition) is 2. The summed E-state index contributed by atoms with van der Waals surface area (Å²) < 4.78 is 1.14. The van der Waals surface area contributed by atoms with Gasteiger partial charge >= 0.3 is 0 Å². The average molecular weight is 358 g/mol. The van der Waals surface area contributed by atoms with Gasteiger partial charge in [0.2, 0.25) is 5.91 Å². The molecule has 132 valence electrons. The summed E-state index contributed by atoms with van der Waals surface area (Å²) >= 11 is 0. The number of quaternary nitrogens is 1. The molecule has 2 aromatic rings.